The van der Waals surface area contributed by atoms with Gasteiger partial charge in [0.25, 0.3) is 0 Å². The summed E-state index contributed by atoms with van der Waals surface area (Å²) in [7, 11) is 0. The third-order valence-corrected chi connectivity index (χ3v) is 3.11. The van der Waals surface area contributed by atoms with Crippen molar-refractivity contribution in [1.29, 1.82) is 0 Å². The molecule has 3 aromatic rings. The van der Waals surface area contributed by atoms with E-state index >= 15 is 0 Å². The van der Waals surface area contributed by atoms with Crippen molar-refractivity contribution >= 4 is 10.9 Å². The first-order valence-electron chi connectivity index (χ1n) is 6.27. The molecule has 1 aromatic carbocycles. The second-order valence-corrected chi connectivity index (χ2v) is 4.63. The maximum atomic E-state index is 9.43. The van der Waals surface area contributed by atoms with Gasteiger partial charge in [-0.2, -0.15) is 4.98 Å². The number of aromatic nitrogens is 3. The Kier molecular flexibility index (Phi) is 3.17. The molecule has 0 amide bonds. The summed E-state index contributed by atoms with van der Waals surface area (Å²) in [6, 6.07) is 8.86. The van der Waals surface area contributed by atoms with Crippen molar-refractivity contribution in [3.63, 3.8) is 0 Å². The van der Waals surface area contributed by atoms with Gasteiger partial charge in [0.2, 0.25) is 11.7 Å². The molecule has 102 valence electrons. The van der Waals surface area contributed by atoms with E-state index in [1.807, 2.05) is 30.3 Å². The Bertz CT molecular complexity index is 739. The molecular weight excluding hydrogens is 256 g/mol. The van der Waals surface area contributed by atoms with Crippen LogP contribution >= 0.6 is 0 Å². The highest BCUT2D eigenvalue weighted by Crippen LogP contribution is 2.22. The van der Waals surface area contributed by atoms with Crippen molar-refractivity contribution in [3.05, 3.63) is 42.4 Å². The summed E-state index contributed by atoms with van der Waals surface area (Å²) in [5.74, 6) is 0.670. The monoisotopic (exact) mass is 270 g/mol. The first kappa shape index (κ1) is 12.7. The fourth-order valence-corrected chi connectivity index (χ4v) is 1.91. The predicted octanol–water partition coefficient (Wildman–Crippen LogP) is 1.67. The van der Waals surface area contributed by atoms with Crippen LogP contribution in [0.5, 0.6) is 0 Å². The molecule has 2 heterocycles. The molecule has 0 aliphatic rings. The predicted molar refractivity (Wildman–Crippen MR) is 73.6 cm³/mol. The van der Waals surface area contributed by atoms with E-state index in [-0.39, 0.29) is 5.89 Å². The van der Waals surface area contributed by atoms with Crippen molar-refractivity contribution in [1.82, 2.24) is 15.1 Å². The molecule has 0 bridgehead atoms. The Morgan fingerprint density at radius 1 is 1.30 bits per heavy atom. The smallest absolute Gasteiger partial charge is 0.246 e. The number of aliphatic hydroxyl groups excluding tert-OH is 1. The van der Waals surface area contributed by atoms with Gasteiger partial charge >= 0.3 is 0 Å². The molecule has 0 aliphatic carbocycles. The van der Waals surface area contributed by atoms with Gasteiger partial charge in [0, 0.05) is 17.1 Å². The third-order valence-electron chi connectivity index (χ3n) is 3.11. The molecule has 3 N–H and O–H groups in total. The zero-order valence-corrected chi connectivity index (χ0v) is 10.9. The van der Waals surface area contributed by atoms with Gasteiger partial charge in [0.1, 0.15) is 6.04 Å². The van der Waals surface area contributed by atoms with Crippen molar-refractivity contribution in [2.45, 2.75) is 19.1 Å². The number of aliphatic hydroxyl groups is 1. The Morgan fingerprint density at radius 2 is 2.15 bits per heavy atom. The Hall–Kier alpha value is -2.31. The van der Waals surface area contributed by atoms with Gasteiger partial charge in [-0.25, -0.2) is 0 Å². The molecule has 6 heteroatoms. The molecule has 0 saturated carbocycles. The molecule has 0 aliphatic heterocycles. The largest absolute Gasteiger partial charge is 0.391 e. The van der Waals surface area contributed by atoms with E-state index in [1.54, 1.807) is 13.1 Å². The molecule has 0 saturated heterocycles. The van der Waals surface area contributed by atoms with Crippen LogP contribution in [0, 0.1) is 0 Å². The number of benzene rings is 1. The first-order valence-corrected chi connectivity index (χ1v) is 6.27. The van der Waals surface area contributed by atoms with Crippen LogP contribution in [0.15, 0.2) is 41.1 Å². The quantitative estimate of drug-likeness (QED) is 0.751. The zero-order valence-electron chi connectivity index (χ0n) is 10.9. The van der Waals surface area contributed by atoms with Crippen molar-refractivity contribution in [2.75, 3.05) is 0 Å². The lowest BCUT2D eigenvalue weighted by Crippen LogP contribution is -2.23. The molecule has 6 nitrogen and oxygen atoms in total. The van der Waals surface area contributed by atoms with Crippen LogP contribution in [0.1, 0.15) is 18.9 Å². The maximum absolute atomic E-state index is 9.43. The topological polar surface area (TPSA) is 98.1 Å². The summed E-state index contributed by atoms with van der Waals surface area (Å²) >= 11 is 0. The van der Waals surface area contributed by atoms with Gasteiger partial charge in [-0.1, -0.05) is 11.2 Å². The van der Waals surface area contributed by atoms with E-state index in [0.717, 1.165) is 16.5 Å². The fraction of sp³-hybridized carbons (Fsp3) is 0.214. The maximum Gasteiger partial charge on any atom is 0.246 e. The number of fused-ring (bicyclic) bond motifs is 1. The molecule has 3 rings (SSSR count). The zero-order chi connectivity index (χ0) is 14.1. The molecular formula is C14H14N4O2. The van der Waals surface area contributed by atoms with Crippen molar-refractivity contribution < 1.29 is 9.63 Å². The summed E-state index contributed by atoms with van der Waals surface area (Å²) < 4.78 is 5.09. The second kappa shape index (κ2) is 4.99. The average Bonchev–Trinajstić information content (AvgIpc) is 2.95. The number of rotatable bonds is 3. The molecule has 0 fully saturated rings. The minimum atomic E-state index is -0.746. The molecule has 2 aromatic heterocycles. The van der Waals surface area contributed by atoms with Crippen molar-refractivity contribution in [2.24, 2.45) is 5.73 Å². The van der Waals surface area contributed by atoms with Crippen LogP contribution in [-0.2, 0) is 0 Å². The van der Waals surface area contributed by atoms with E-state index < -0.39 is 12.1 Å². The lowest BCUT2D eigenvalue weighted by molar-refractivity contribution is 0.146. The van der Waals surface area contributed by atoms with E-state index in [9.17, 15) is 5.11 Å². The molecule has 2 unspecified atom stereocenters. The van der Waals surface area contributed by atoms with E-state index in [2.05, 4.69) is 15.1 Å². The van der Waals surface area contributed by atoms with Crippen LogP contribution in [0.3, 0.4) is 0 Å². The first-order chi connectivity index (χ1) is 9.65. The van der Waals surface area contributed by atoms with E-state index in [1.165, 1.54) is 0 Å². The number of hydrogen-bond acceptors (Lipinski definition) is 6. The van der Waals surface area contributed by atoms with Gasteiger partial charge in [-0.3, -0.25) is 4.98 Å². The standard InChI is InChI=1S/C14H14N4O2/c1-8(19)12(15)14-17-13(18-20-14)10-4-5-11-9(7-10)3-2-6-16-11/h2-8,12,19H,15H2,1H3. The van der Waals surface area contributed by atoms with Crippen LogP contribution in [0.25, 0.3) is 22.3 Å². The van der Waals surface area contributed by atoms with Crippen LogP contribution in [0.4, 0.5) is 0 Å². The number of hydrogen-bond donors (Lipinski definition) is 2. The van der Waals surface area contributed by atoms with E-state index in [4.69, 9.17) is 10.3 Å². The van der Waals surface area contributed by atoms with Gasteiger partial charge in [0.15, 0.2) is 0 Å². The highest BCUT2D eigenvalue weighted by Gasteiger charge is 2.20. The Morgan fingerprint density at radius 3 is 2.95 bits per heavy atom. The number of nitrogens with zero attached hydrogens (tertiary/aromatic N) is 3. The minimum Gasteiger partial charge on any atom is -0.391 e. The summed E-state index contributed by atoms with van der Waals surface area (Å²) in [6.07, 6.45) is 1.000. The molecule has 2 atom stereocenters. The summed E-state index contributed by atoms with van der Waals surface area (Å²) in [5, 5.41) is 14.3. The normalized spacial score (nSPS) is 14.3. The van der Waals surface area contributed by atoms with Crippen LogP contribution in [-0.4, -0.2) is 26.3 Å². The van der Waals surface area contributed by atoms with Crippen LogP contribution < -0.4 is 5.73 Å². The van der Waals surface area contributed by atoms with Crippen molar-refractivity contribution in [3.8, 4) is 11.4 Å². The summed E-state index contributed by atoms with van der Waals surface area (Å²) in [4.78, 5) is 8.48. The molecule has 0 radical (unpaired) electrons. The number of nitrogens with two attached hydrogens (primary N) is 1. The summed E-state index contributed by atoms with van der Waals surface area (Å²) in [6.45, 7) is 1.58. The summed E-state index contributed by atoms with van der Waals surface area (Å²) in [5.41, 5.74) is 7.48. The number of pyridine rings is 1. The highest BCUT2D eigenvalue weighted by atomic mass is 16.5. The van der Waals surface area contributed by atoms with E-state index in [0.29, 0.717) is 5.82 Å². The SMILES string of the molecule is CC(O)C(N)c1nc(-c2ccc3ncccc3c2)no1. The molecule has 0 spiro atoms. The van der Waals surface area contributed by atoms with Crippen LogP contribution in [0.2, 0.25) is 0 Å². The lowest BCUT2D eigenvalue weighted by Gasteiger charge is -2.08. The minimum absolute atomic E-state index is 0.223. The average molecular weight is 270 g/mol. The van der Waals surface area contributed by atoms with Gasteiger partial charge < -0.3 is 15.4 Å². The Balaban J connectivity index is 1.99. The fourth-order valence-electron chi connectivity index (χ4n) is 1.91. The Labute approximate surface area is 115 Å². The molecule has 20 heavy (non-hydrogen) atoms. The van der Waals surface area contributed by atoms with Gasteiger partial charge in [-0.15, -0.1) is 0 Å². The van der Waals surface area contributed by atoms with Gasteiger partial charge in [-0.05, 0) is 31.2 Å². The highest BCUT2D eigenvalue weighted by molar-refractivity contribution is 5.82. The van der Waals surface area contributed by atoms with Gasteiger partial charge in [0.05, 0.1) is 11.6 Å². The third kappa shape index (κ3) is 2.26. The second-order valence-electron chi connectivity index (χ2n) is 4.63. The lowest BCUT2D eigenvalue weighted by atomic mass is 10.1.